The SMILES string of the molecule is CNc1nc2[nH]c(-c3ccc(F)c(CNC(=O)C4(O)CC4)c3)cc2c2c1ncn2C. The van der Waals surface area contributed by atoms with Crippen molar-refractivity contribution >= 4 is 33.8 Å². The summed E-state index contributed by atoms with van der Waals surface area (Å²) in [6.45, 7) is 0.00910. The van der Waals surface area contributed by atoms with E-state index in [1.54, 1.807) is 25.5 Å². The molecule has 0 bridgehead atoms. The number of carbonyl (C=O) groups excluding carboxylic acids is 1. The van der Waals surface area contributed by atoms with E-state index in [0.29, 0.717) is 29.9 Å². The molecule has 1 fully saturated rings. The van der Waals surface area contributed by atoms with Crippen LogP contribution in [-0.4, -0.2) is 43.2 Å². The van der Waals surface area contributed by atoms with Crippen LogP contribution in [0, 0.1) is 5.82 Å². The molecule has 1 aliphatic rings. The summed E-state index contributed by atoms with van der Waals surface area (Å²) in [5, 5.41) is 16.5. The standard InChI is InChI=1S/C21H21FN6O2/c1-23-19-16-17(28(2)10-25-16)13-8-15(26-18(13)27-19)11-3-4-14(22)12(7-11)9-24-20(29)21(30)5-6-21/h3-4,7-8,10,30H,5-6,9H2,1-2H3,(H,24,29)(H2,23,26,27). The highest BCUT2D eigenvalue weighted by molar-refractivity contribution is 6.07. The Labute approximate surface area is 171 Å². The van der Waals surface area contributed by atoms with Gasteiger partial charge >= 0.3 is 0 Å². The van der Waals surface area contributed by atoms with E-state index in [0.717, 1.165) is 27.7 Å². The first-order chi connectivity index (χ1) is 14.4. The molecule has 0 unspecified atom stereocenters. The van der Waals surface area contributed by atoms with E-state index in [1.807, 2.05) is 17.7 Å². The summed E-state index contributed by atoms with van der Waals surface area (Å²) in [7, 11) is 3.72. The van der Waals surface area contributed by atoms with Crippen LogP contribution in [0.3, 0.4) is 0 Å². The van der Waals surface area contributed by atoms with Gasteiger partial charge in [-0.3, -0.25) is 4.79 Å². The number of nitrogens with one attached hydrogen (secondary N) is 3. The molecule has 8 nitrogen and oxygen atoms in total. The molecule has 1 amide bonds. The zero-order valence-electron chi connectivity index (χ0n) is 16.6. The van der Waals surface area contributed by atoms with Gasteiger partial charge < -0.3 is 25.3 Å². The number of aromatic amines is 1. The molecule has 154 valence electrons. The Balaban J connectivity index is 1.53. The molecule has 1 aromatic carbocycles. The molecule has 0 aliphatic heterocycles. The topological polar surface area (TPSA) is 108 Å². The fraction of sp³-hybridized carbons (Fsp3) is 0.286. The molecular formula is C21H21FN6O2. The smallest absolute Gasteiger partial charge is 0.252 e. The van der Waals surface area contributed by atoms with Gasteiger partial charge in [-0.1, -0.05) is 0 Å². The van der Waals surface area contributed by atoms with Gasteiger partial charge in [0.1, 0.15) is 22.6 Å². The number of carbonyl (C=O) groups is 1. The lowest BCUT2D eigenvalue weighted by Gasteiger charge is -2.11. The lowest BCUT2D eigenvalue weighted by atomic mass is 10.1. The second kappa shape index (κ2) is 6.53. The molecular weight excluding hydrogens is 387 g/mol. The third-order valence-corrected chi connectivity index (χ3v) is 5.62. The second-order valence-electron chi connectivity index (χ2n) is 7.73. The van der Waals surface area contributed by atoms with E-state index in [2.05, 4.69) is 25.6 Å². The summed E-state index contributed by atoms with van der Waals surface area (Å²) < 4.78 is 16.3. The highest BCUT2D eigenvalue weighted by atomic mass is 19.1. The normalized spacial score (nSPS) is 14.9. The van der Waals surface area contributed by atoms with Crippen LogP contribution in [0.2, 0.25) is 0 Å². The van der Waals surface area contributed by atoms with Gasteiger partial charge in [0.05, 0.1) is 11.8 Å². The Morgan fingerprint density at radius 2 is 2.17 bits per heavy atom. The predicted molar refractivity (Wildman–Crippen MR) is 111 cm³/mol. The number of H-pyrrole nitrogens is 1. The maximum absolute atomic E-state index is 14.3. The van der Waals surface area contributed by atoms with Crippen molar-refractivity contribution in [3.8, 4) is 11.3 Å². The van der Waals surface area contributed by atoms with Crippen molar-refractivity contribution in [2.75, 3.05) is 12.4 Å². The van der Waals surface area contributed by atoms with Crippen LogP contribution in [-0.2, 0) is 18.4 Å². The number of aliphatic hydroxyl groups is 1. The molecule has 4 aromatic rings. The fourth-order valence-corrected chi connectivity index (χ4v) is 3.69. The van der Waals surface area contributed by atoms with Gasteiger partial charge in [0.25, 0.3) is 5.91 Å². The van der Waals surface area contributed by atoms with Crippen LogP contribution in [0.4, 0.5) is 10.2 Å². The van der Waals surface area contributed by atoms with E-state index in [9.17, 15) is 14.3 Å². The number of fused-ring (bicyclic) bond motifs is 3. The first-order valence-corrected chi connectivity index (χ1v) is 9.70. The lowest BCUT2D eigenvalue weighted by molar-refractivity contribution is -0.131. The Kier molecular flexibility index (Phi) is 4.04. The fourth-order valence-electron chi connectivity index (χ4n) is 3.69. The molecule has 0 radical (unpaired) electrons. The number of halogens is 1. The molecule has 0 spiro atoms. The minimum atomic E-state index is -1.28. The molecule has 5 rings (SSSR count). The molecule has 1 saturated carbocycles. The molecule has 0 atom stereocenters. The van der Waals surface area contributed by atoms with Crippen molar-refractivity contribution in [1.82, 2.24) is 24.8 Å². The first kappa shape index (κ1) is 18.6. The van der Waals surface area contributed by atoms with Gasteiger partial charge in [-0.15, -0.1) is 0 Å². The monoisotopic (exact) mass is 408 g/mol. The molecule has 3 aromatic heterocycles. The number of benzene rings is 1. The minimum absolute atomic E-state index is 0.00910. The zero-order valence-corrected chi connectivity index (χ0v) is 16.6. The maximum atomic E-state index is 14.3. The van der Waals surface area contributed by atoms with E-state index in [4.69, 9.17) is 0 Å². The van der Waals surface area contributed by atoms with Crippen molar-refractivity contribution < 1.29 is 14.3 Å². The molecule has 3 heterocycles. The Morgan fingerprint density at radius 3 is 2.90 bits per heavy atom. The number of hydrogen-bond acceptors (Lipinski definition) is 5. The van der Waals surface area contributed by atoms with Gasteiger partial charge in [-0.25, -0.2) is 14.4 Å². The van der Waals surface area contributed by atoms with E-state index in [-0.39, 0.29) is 6.54 Å². The van der Waals surface area contributed by atoms with Gasteiger partial charge in [-0.05, 0) is 42.7 Å². The maximum Gasteiger partial charge on any atom is 0.252 e. The summed E-state index contributed by atoms with van der Waals surface area (Å²) in [4.78, 5) is 24.3. The van der Waals surface area contributed by atoms with Gasteiger partial charge in [0.2, 0.25) is 0 Å². The number of anilines is 1. The number of nitrogens with zero attached hydrogens (tertiary/aromatic N) is 3. The molecule has 4 N–H and O–H groups in total. The predicted octanol–water partition coefficient (Wildman–Crippen LogP) is 2.44. The van der Waals surface area contributed by atoms with Crippen LogP contribution < -0.4 is 10.6 Å². The van der Waals surface area contributed by atoms with Crippen LogP contribution >= 0.6 is 0 Å². The van der Waals surface area contributed by atoms with Crippen molar-refractivity contribution in [1.29, 1.82) is 0 Å². The molecule has 30 heavy (non-hydrogen) atoms. The molecule has 0 saturated heterocycles. The summed E-state index contributed by atoms with van der Waals surface area (Å²) in [5.41, 5.74) is 3.03. The highest BCUT2D eigenvalue weighted by Gasteiger charge is 2.47. The highest BCUT2D eigenvalue weighted by Crippen LogP contribution is 2.35. The van der Waals surface area contributed by atoms with Crippen molar-refractivity contribution in [3.63, 3.8) is 0 Å². The number of rotatable bonds is 5. The van der Waals surface area contributed by atoms with Gasteiger partial charge in [-0.2, -0.15) is 0 Å². The lowest BCUT2D eigenvalue weighted by Crippen LogP contribution is -2.35. The van der Waals surface area contributed by atoms with Crippen molar-refractivity contribution in [2.45, 2.75) is 25.0 Å². The number of aromatic nitrogens is 4. The van der Waals surface area contributed by atoms with Crippen LogP contribution in [0.1, 0.15) is 18.4 Å². The average Bonchev–Trinajstić information content (AvgIpc) is 3.17. The van der Waals surface area contributed by atoms with Crippen LogP contribution in [0.25, 0.3) is 33.3 Å². The van der Waals surface area contributed by atoms with Crippen LogP contribution in [0.15, 0.2) is 30.6 Å². The number of amides is 1. The van der Waals surface area contributed by atoms with E-state index in [1.165, 1.54) is 6.07 Å². The molecule has 9 heteroatoms. The van der Waals surface area contributed by atoms with E-state index >= 15 is 0 Å². The summed E-state index contributed by atoms with van der Waals surface area (Å²) in [6.07, 6.45) is 2.63. The number of hydrogen-bond donors (Lipinski definition) is 4. The van der Waals surface area contributed by atoms with Gasteiger partial charge in [0, 0.05) is 37.3 Å². The Hall–Kier alpha value is -3.46. The third kappa shape index (κ3) is 2.89. The van der Waals surface area contributed by atoms with Crippen LogP contribution in [0.5, 0.6) is 0 Å². The Bertz CT molecular complexity index is 1300. The number of pyridine rings is 1. The van der Waals surface area contributed by atoms with Crippen molar-refractivity contribution in [2.24, 2.45) is 7.05 Å². The average molecular weight is 408 g/mol. The molecule has 1 aliphatic carbocycles. The summed E-state index contributed by atoms with van der Waals surface area (Å²) >= 11 is 0. The van der Waals surface area contributed by atoms with E-state index < -0.39 is 17.3 Å². The minimum Gasteiger partial charge on any atom is -0.380 e. The third-order valence-electron chi connectivity index (χ3n) is 5.62. The zero-order chi connectivity index (χ0) is 21.0. The van der Waals surface area contributed by atoms with Gasteiger partial charge in [0.15, 0.2) is 5.82 Å². The van der Waals surface area contributed by atoms with Crippen molar-refractivity contribution in [3.05, 3.63) is 42.0 Å². The first-order valence-electron chi connectivity index (χ1n) is 9.70. The summed E-state index contributed by atoms with van der Waals surface area (Å²) in [6, 6.07) is 6.71. The Morgan fingerprint density at radius 1 is 1.37 bits per heavy atom. The largest absolute Gasteiger partial charge is 0.380 e. The summed E-state index contributed by atoms with van der Waals surface area (Å²) in [5.74, 6) is -0.199. The second-order valence-corrected chi connectivity index (χ2v) is 7.73. The number of imidazole rings is 1. The number of aryl methyl sites for hydroxylation is 1. The quantitative estimate of drug-likeness (QED) is 0.406.